The van der Waals surface area contributed by atoms with Gasteiger partial charge in [-0.2, -0.15) is 0 Å². The number of likely N-dealkylation sites (tertiary alicyclic amines) is 1. The Hall–Kier alpha value is -0.120. The lowest BCUT2D eigenvalue weighted by Gasteiger charge is -2.45. The molecule has 3 atom stereocenters. The van der Waals surface area contributed by atoms with E-state index in [1.165, 1.54) is 0 Å². The number of piperidine rings is 1. The minimum Gasteiger partial charge on any atom is -0.392 e. The number of rotatable bonds is 8. The molecule has 126 valence electrons. The molecule has 0 aromatic rings. The summed E-state index contributed by atoms with van der Waals surface area (Å²) in [5.74, 6) is 1.18. The summed E-state index contributed by atoms with van der Waals surface area (Å²) < 4.78 is 5.96. The van der Waals surface area contributed by atoms with Crippen molar-refractivity contribution < 1.29 is 9.84 Å². The lowest BCUT2D eigenvalue weighted by Crippen LogP contribution is -2.53. The summed E-state index contributed by atoms with van der Waals surface area (Å²) in [6.45, 7) is 16.1. The number of aliphatic hydroxyl groups is 1. The van der Waals surface area contributed by atoms with E-state index in [1.54, 1.807) is 0 Å². The smallest absolute Gasteiger partial charge is 0.0695 e. The fraction of sp³-hybridized carbons (Fsp3) is 1.00. The van der Waals surface area contributed by atoms with E-state index in [1.807, 2.05) is 0 Å². The number of β-amino-alcohol motifs (C(OH)–C–C–N with tert-alkyl or cyclic N) is 1. The molecule has 0 saturated carbocycles. The molecule has 1 rings (SSSR count). The minimum atomic E-state index is -0.163. The highest BCUT2D eigenvalue weighted by molar-refractivity contribution is 4.88. The maximum absolute atomic E-state index is 10.2. The van der Waals surface area contributed by atoms with Crippen molar-refractivity contribution in [1.82, 2.24) is 4.90 Å². The van der Waals surface area contributed by atoms with Crippen LogP contribution >= 0.6 is 0 Å². The first-order valence-electron chi connectivity index (χ1n) is 8.81. The third kappa shape index (κ3) is 6.25. The SMILES string of the molecule is CCC1CCN(C(C)(C)CCOC(C)CC(C)C)CC1O. The third-order valence-electron chi connectivity index (χ3n) is 5.02. The largest absolute Gasteiger partial charge is 0.392 e. The van der Waals surface area contributed by atoms with Gasteiger partial charge in [0.2, 0.25) is 0 Å². The van der Waals surface area contributed by atoms with Gasteiger partial charge in [0.15, 0.2) is 0 Å². The van der Waals surface area contributed by atoms with Crippen molar-refractivity contribution in [1.29, 1.82) is 0 Å². The van der Waals surface area contributed by atoms with Crippen LogP contribution in [0.1, 0.15) is 67.2 Å². The topological polar surface area (TPSA) is 32.7 Å². The molecule has 1 heterocycles. The number of nitrogens with zero attached hydrogens (tertiary/aromatic N) is 1. The average Bonchev–Trinajstić information content (AvgIpc) is 2.37. The van der Waals surface area contributed by atoms with Crippen molar-refractivity contribution in [3.05, 3.63) is 0 Å². The van der Waals surface area contributed by atoms with Gasteiger partial charge >= 0.3 is 0 Å². The Bertz CT molecular complexity index is 291. The fourth-order valence-corrected chi connectivity index (χ4v) is 3.41. The number of ether oxygens (including phenoxy) is 1. The molecular formula is C18H37NO2. The molecule has 0 aliphatic carbocycles. The highest BCUT2D eigenvalue weighted by Gasteiger charge is 2.34. The molecule has 0 amide bonds. The Morgan fingerprint density at radius 3 is 2.48 bits per heavy atom. The Labute approximate surface area is 132 Å². The van der Waals surface area contributed by atoms with Crippen LogP contribution in [0.2, 0.25) is 0 Å². The van der Waals surface area contributed by atoms with Crippen LogP contribution in [0, 0.1) is 11.8 Å². The summed E-state index contributed by atoms with van der Waals surface area (Å²) in [4.78, 5) is 2.44. The van der Waals surface area contributed by atoms with Crippen molar-refractivity contribution in [2.75, 3.05) is 19.7 Å². The van der Waals surface area contributed by atoms with E-state index in [9.17, 15) is 5.11 Å². The van der Waals surface area contributed by atoms with Gasteiger partial charge in [-0.3, -0.25) is 4.90 Å². The molecule has 1 aliphatic heterocycles. The van der Waals surface area contributed by atoms with E-state index >= 15 is 0 Å². The van der Waals surface area contributed by atoms with Crippen LogP contribution in [0.4, 0.5) is 0 Å². The zero-order valence-corrected chi connectivity index (χ0v) is 15.1. The molecule has 1 N–H and O–H groups in total. The van der Waals surface area contributed by atoms with Crippen LogP contribution in [-0.4, -0.2) is 47.4 Å². The summed E-state index contributed by atoms with van der Waals surface area (Å²) in [6, 6.07) is 0. The van der Waals surface area contributed by atoms with Crippen LogP contribution in [0.5, 0.6) is 0 Å². The Kier molecular flexibility index (Phi) is 7.66. The monoisotopic (exact) mass is 299 g/mol. The Morgan fingerprint density at radius 1 is 1.29 bits per heavy atom. The van der Waals surface area contributed by atoms with Crippen molar-refractivity contribution >= 4 is 0 Å². The molecule has 3 nitrogen and oxygen atoms in total. The molecule has 0 aromatic heterocycles. The zero-order chi connectivity index (χ0) is 16.0. The predicted molar refractivity (Wildman–Crippen MR) is 89.5 cm³/mol. The quantitative estimate of drug-likeness (QED) is 0.742. The molecule has 0 radical (unpaired) electrons. The van der Waals surface area contributed by atoms with Crippen molar-refractivity contribution in [3.63, 3.8) is 0 Å². The van der Waals surface area contributed by atoms with Gasteiger partial charge in [-0.25, -0.2) is 0 Å². The van der Waals surface area contributed by atoms with E-state index in [2.05, 4.69) is 46.4 Å². The van der Waals surface area contributed by atoms with E-state index in [0.717, 1.165) is 45.4 Å². The zero-order valence-electron chi connectivity index (χ0n) is 15.1. The third-order valence-corrected chi connectivity index (χ3v) is 5.02. The lowest BCUT2D eigenvalue weighted by atomic mass is 9.87. The molecule has 0 aromatic carbocycles. The molecule has 1 fully saturated rings. The molecule has 0 spiro atoms. The van der Waals surface area contributed by atoms with Gasteiger partial charge in [0.05, 0.1) is 12.2 Å². The first kappa shape index (κ1) is 18.9. The summed E-state index contributed by atoms with van der Waals surface area (Å²) in [6.07, 6.45) is 4.54. The van der Waals surface area contributed by atoms with Gasteiger partial charge in [0, 0.05) is 18.7 Å². The molecular weight excluding hydrogens is 262 g/mol. The van der Waals surface area contributed by atoms with Crippen LogP contribution in [0.3, 0.4) is 0 Å². The summed E-state index contributed by atoms with van der Waals surface area (Å²) in [7, 11) is 0. The molecule has 0 bridgehead atoms. The Morgan fingerprint density at radius 2 is 1.95 bits per heavy atom. The van der Waals surface area contributed by atoms with Crippen molar-refractivity contribution in [2.45, 2.75) is 85.0 Å². The van der Waals surface area contributed by atoms with Gasteiger partial charge in [-0.1, -0.05) is 27.2 Å². The van der Waals surface area contributed by atoms with Crippen LogP contribution in [0.25, 0.3) is 0 Å². The fourth-order valence-electron chi connectivity index (χ4n) is 3.41. The molecule has 3 heteroatoms. The van der Waals surface area contributed by atoms with Gasteiger partial charge in [0.1, 0.15) is 0 Å². The number of hydrogen-bond donors (Lipinski definition) is 1. The maximum Gasteiger partial charge on any atom is 0.0695 e. The first-order valence-corrected chi connectivity index (χ1v) is 8.81. The normalized spacial score (nSPS) is 26.3. The standard InChI is InChI=1S/C18H37NO2/c1-7-16-8-10-19(13-17(16)20)18(5,6)9-11-21-15(4)12-14(2)3/h14-17,20H,7-13H2,1-6H3. The first-order chi connectivity index (χ1) is 9.76. The molecule has 21 heavy (non-hydrogen) atoms. The molecule has 1 aliphatic rings. The second-order valence-corrected chi connectivity index (χ2v) is 7.84. The molecule has 1 saturated heterocycles. The minimum absolute atomic E-state index is 0.108. The predicted octanol–water partition coefficient (Wildman–Crippen LogP) is 3.70. The van der Waals surface area contributed by atoms with Gasteiger partial charge < -0.3 is 9.84 Å². The maximum atomic E-state index is 10.2. The van der Waals surface area contributed by atoms with Crippen LogP contribution in [0.15, 0.2) is 0 Å². The van der Waals surface area contributed by atoms with Crippen LogP contribution < -0.4 is 0 Å². The van der Waals surface area contributed by atoms with E-state index in [0.29, 0.717) is 17.9 Å². The van der Waals surface area contributed by atoms with Crippen molar-refractivity contribution in [2.24, 2.45) is 11.8 Å². The lowest BCUT2D eigenvalue weighted by molar-refractivity contribution is -0.0379. The second-order valence-electron chi connectivity index (χ2n) is 7.84. The highest BCUT2D eigenvalue weighted by atomic mass is 16.5. The highest BCUT2D eigenvalue weighted by Crippen LogP contribution is 2.28. The molecule has 3 unspecified atom stereocenters. The van der Waals surface area contributed by atoms with E-state index < -0.39 is 0 Å². The van der Waals surface area contributed by atoms with E-state index in [-0.39, 0.29) is 11.6 Å². The van der Waals surface area contributed by atoms with Gasteiger partial charge in [-0.05, 0) is 58.4 Å². The summed E-state index contributed by atoms with van der Waals surface area (Å²) >= 11 is 0. The average molecular weight is 299 g/mol. The van der Waals surface area contributed by atoms with Gasteiger partial charge in [-0.15, -0.1) is 0 Å². The number of aliphatic hydroxyl groups excluding tert-OH is 1. The van der Waals surface area contributed by atoms with Crippen LogP contribution in [-0.2, 0) is 4.74 Å². The van der Waals surface area contributed by atoms with E-state index in [4.69, 9.17) is 4.74 Å². The van der Waals surface area contributed by atoms with Gasteiger partial charge in [0.25, 0.3) is 0 Å². The van der Waals surface area contributed by atoms with Crippen molar-refractivity contribution in [3.8, 4) is 0 Å². The number of hydrogen-bond acceptors (Lipinski definition) is 3. The Balaban J connectivity index is 2.36. The summed E-state index contributed by atoms with van der Waals surface area (Å²) in [5, 5.41) is 10.2. The second kappa shape index (κ2) is 8.50. The summed E-state index contributed by atoms with van der Waals surface area (Å²) in [5.41, 5.74) is 0.108.